The number of aromatic nitrogens is 2. The van der Waals surface area contributed by atoms with Gasteiger partial charge in [-0.1, -0.05) is 18.2 Å². The Morgan fingerprint density at radius 2 is 1.56 bits per heavy atom. The van der Waals surface area contributed by atoms with Gasteiger partial charge in [-0.25, -0.2) is 13.6 Å². The van der Waals surface area contributed by atoms with Crippen molar-refractivity contribution in [3.8, 4) is 0 Å². The van der Waals surface area contributed by atoms with Gasteiger partial charge in [0.15, 0.2) is 0 Å². The smallest absolute Gasteiger partial charge is 0.316 e. The van der Waals surface area contributed by atoms with Crippen LogP contribution in [0.4, 0.5) is 5.69 Å². The molecule has 0 saturated heterocycles. The molecule has 168 valence electrons. The predicted octanol–water partition coefficient (Wildman–Crippen LogP) is 1.16. The SMILES string of the molecule is Cc1ccc(NC(=O)Cn2ccn(CCc3ccc(S(N)(=O)=O)cc3)c(=O)c2=O)cc1C. The van der Waals surface area contributed by atoms with E-state index in [-0.39, 0.29) is 18.0 Å². The van der Waals surface area contributed by atoms with Crippen molar-refractivity contribution in [2.75, 3.05) is 5.32 Å². The molecule has 0 aliphatic carbocycles. The molecule has 2 aromatic carbocycles. The molecule has 0 atom stereocenters. The summed E-state index contributed by atoms with van der Waals surface area (Å²) in [6.45, 7) is 3.84. The van der Waals surface area contributed by atoms with Crippen molar-refractivity contribution in [2.45, 2.75) is 38.3 Å². The molecule has 32 heavy (non-hydrogen) atoms. The zero-order chi connectivity index (χ0) is 23.5. The first kappa shape index (κ1) is 23.2. The van der Waals surface area contributed by atoms with Crippen LogP contribution in [-0.2, 0) is 34.3 Å². The van der Waals surface area contributed by atoms with E-state index in [0.29, 0.717) is 12.1 Å². The second-order valence-corrected chi connectivity index (χ2v) is 9.08. The van der Waals surface area contributed by atoms with E-state index in [0.717, 1.165) is 21.3 Å². The third kappa shape index (κ3) is 5.59. The minimum Gasteiger partial charge on any atom is -0.325 e. The van der Waals surface area contributed by atoms with Gasteiger partial charge in [0.05, 0.1) is 4.90 Å². The van der Waals surface area contributed by atoms with E-state index in [2.05, 4.69) is 5.32 Å². The lowest BCUT2D eigenvalue weighted by molar-refractivity contribution is -0.116. The number of carbonyl (C=O) groups is 1. The third-order valence-electron chi connectivity index (χ3n) is 5.13. The number of nitrogens with zero attached hydrogens (tertiary/aromatic N) is 2. The van der Waals surface area contributed by atoms with E-state index in [9.17, 15) is 22.8 Å². The van der Waals surface area contributed by atoms with E-state index >= 15 is 0 Å². The van der Waals surface area contributed by atoms with Crippen LogP contribution >= 0.6 is 0 Å². The molecule has 0 bridgehead atoms. The standard InChI is InChI=1S/C22H24N4O5S/c1-15-3-6-18(13-16(15)2)24-20(27)14-26-12-11-25(21(28)22(26)29)10-9-17-4-7-19(8-5-17)32(23,30)31/h3-8,11-13H,9-10,14H2,1-2H3,(H,24,27)(H2,23,30,31). The number of aryl methyl sites for hydroxylation is 4. The molecule has 1 aromatic heterocycles. The third-order valence-corrected chi connectivity index (χ3v) is 6.06. The van der Waals surface area contributed by atoms with E-state index in [1.807, 2.05) is 26.0 Å². The molecule has 0 spiro atoms. The van der Waals surface area contributed by atoms with Crippen molar-refractivity contribution in [2.24, 2.45) is 5.14 Å². The Kier molecular flexibility index (Phi) is 6.75. The van der Waals surface area contributed by atoms with Crippen LogP contribution in [0.25, 0.3) is 0 Å². The van der Waals surface area contributed by atoms with Gasteiger partial charge in [-0.3, -0.25) is 19.0 Å². The van der Waals surface area contributed by atoms with Crippen molar-refractivity contribution in [1.82, 2.24) is 9.13 Å². The Bertz CT molecular complexity index is 1370. The number of carbonyl (C=O) groups excluding carboxylic acids is 1. The Labute approximate surface area is 185 Å². The fraction of sp³-hybridized carbons (Fsp3) is 0.227. The first-order chi connectivity index (χ1) is 15.0. The number of amides is 1. The number of hydrogen-bond acceptors (Lipinski definition) is 5. The van der Waals surface area contributed by atoms with Gasteiger partial charge in [-0.05, 0) is 61.2 Å². The molecular formula is C22H24N4O5S. The van der Waals surface area contributed by atoms with E-state index in [1.54, 1.807) is 18.2 Å². The lowest BCUT2D eigenvalue weighted by Gasteiger charge is -2.11. The predicted molar refractivity (Wildman–Crippen MR) is 121 cm³/mol. The van der Waals surface area contributed by atoms with E-state index < -0.39 is 27.0 Å². The molecule has 3 aromatic rings. The number of anilines is 1. The molecule has 1 amide bonds. The average molecular weight is 457 g/mol. The van der Waals surface area contributed by atoms with Crippen molar-refractivity contribution >= 4 is 21.6 Å². The molecular weight excluding hydrogens is 432 g/mol. The van der Waals surface area contributed by atoms with Gasteiger partial charge in [0.2, 0.25) is 15.9 Å². The maximum absolute atomic E-state index is 12.4. The van der Waals surface area contributed by atoms with Crippen LogP contribution in [0.5, 0.6) is 0 Å². The maximum atomic E-state index is 12.4. The normalized spacial score (nSPS) is 11.3. The second-order valence-electron chi connectivity index (χ2n) is 7.52. The monoisotopic (exact) mass is 456 g/mol. The maximum Gasteiger partial charge on any atom is 0.316 e. The highest BCUT2D eigenvalue weighted by molar-refractivity contribution is 7.89. The van der Waals surface area contributed by atoms with Crippen LogP contribution in [0.1, 0.15) is 16.7 Å². The molecule has 3 rings (SSSR count). The van der Waals surface area contributed by atoms with Crippen LogP contribution in [0.3, 0.4) is 0 Å². The minimum absolute atomic E-state index is 0.0000822. The van der Waals surface area contributed by atoms with Crippen LogP contribution in [0.2, 0.25) is 0 Å². The summed E-state index contributed by atoms with van der Waals surface area (Å²) >= 11 is 0. The highest BCUT2D eigenvalue weighted by atomic mass is 32.2. The fourth-order valence-corrected chi connectivity index (χ4v) is 3.63. The van der Waals surface area contributed by atoms with Crippen molar-refractivity contribution in [1.29, 1.82) is 0 Å². The van der Waals surface area contributed by atoms with Crippen LogP contribution in [-0.4, -0.2) is 23.5 Å². The molecule has 0 saturated carbocycles. The highest BCUT2D eigenvalue weighted by Gasteiger charge is 2.11. The summed E-state index contributed by atoms with van der Waals surface area (Å²) in [5.41, 5.74) is 1.99. The average Bonchev–Trinajstić information content (AvgIpc) is 2.73. The Morgan fingerprint density at radius 3 is 2.19 bits per heavy atom. The summed E-state index contributed by atoms with van der Waals surface area (Å²) in [6, 6.07) is 11.5. The zero-order valence-electron chi connectivity index (χ0n) is 17.7. The van der Waals surface area contributed by atoms with Crippen LogP contribution in [0, 0.1) is 13.8 Å². The summed E-state index contributed by atoms with van der Waals surface area (Å²) in [6.07, 6.45) is 3.25. The van der Waals surface area contributed by atoms with E-state index in [4.69, 9.17) is 5.14 Å². The number of benzene rings is 2. The molecule has 1 heterocycles. The van der Waals surface area contributed by atoms with Gasteiger partial charge in [-0.15, -0.1) is 0 Å². The topological polar surface area (TPSA) is 133 Å². The van der Waals surface area contributed by atoms with Crippen molar-refractivity contribution in [3.05, 3.63) is 92.3 Å². The van der Waals surface area contributed by atoms with Gasteiger partial charge in [0.1, 0.15) is 6.54 Å². The summed E-state index contributed by atoms with van der Waals surface area (Å²) in [5.74, 6) is -0.414. The zero-order valence-corrected chi connectivity index (χ0v) is 18.6. The van der Waals surface area contributed by atoms with Crippen molar-refractivity contribution in [3.63, 3.8) is 0 Å². The number of nitrogens with two attached hydrogens (primary N) is 1. The first-order valence-electron chi connectivity index (χ1n) is 9.83. The fourth-order valence-electron chi connectivity index (χ4n) is 3.11. The highest BCUT2D eigenvalue weighted by Crippen LogP contribution is 2.14. The lowest BCUT2D eigenvalue weighted by Crippen LogP contribution is -2.42. The molecule has 9 nitrogen and oxygen atoms in total. The van der Waals surface area contributed by atoms with Gasteiger partial charge >= 0.3 is 11.1 Å². The summed E-state index contributed by atoms with van der Waals surface area (Å²) in [4.78, 5) is 37.1. The first-order valence-corrected chi connectivity index (χ1v) is 11.4. The molecule has 0 aliphatic rings. The summed E-state index contributed by atoms with van der Waals surface area (Å²) in [5, 5.41) is 7.80. The quantitative estimate of drug-likeness (QED) is 0.515. The van der Waals surface area contributed by atoms with Crippen LogP contribution in [0.15, 0.2) is 69.3 Å². The molecule has 10 heteroatoms. The number of rotatable bonds is 7. The van der Waals surface area contributed by atoms with Crippen molar-refractivity contribution < 1.29 is 13.2 Å². The molecule has 0 aliphatic heterocycles. The van der Waals surface area contributed by atoms with Gasteiger partial charge in [-0.2, -0.15) is 0 Å². The Morgan fingerprint density at radius 1 is 0.938 bits per heavy atom. The Balaban J connectivity index is 1.67. The number of nitrogens with one attached hydrogen (secondary N) is 1. The summed E-state index contributed by atoms with van der Waals surface area (Å²) < 4.78 is 24.9. The number of hydrogen-bond donors (Lipinski definition) is 2. The number of sulfonamides is 1. The van der Waals surface area contributed by atoms with Gasteiger partial charge < -0.3 is 9.88 Å². The molecule has 3 N–H and O–H groups in total. The second kappa shape index (κ2) is 9.33. The van der Waals surface area contributed by atoms with E-state index in [1.165, 1.54) is 29.1 Å². The molecule has 0 unspecified atom stereocenters. The minimum atomic E-state index is -3.77. The molecule has 0 fully saturated rings. The number of primary sulfonamides is 1. The lowest BCUT2D eigenvalue weighted by atomic mass is 10.1. The Hall–Kier alpha value is -3.50. The van der Waals surface area contributed by atoms with Gasteiger partial charge in [0, 0.05) is 24.6 Å². The van der Waals surface area contributed by atoms with Gasteiger partial charge in [0.25, 0.3) is 0 Å². The largest absolute Gasteiger partial charge is 0.325 e. The van der Waals surface area contributed by atoms with Crippen LogP contribution < -0.4 is 21.6 Å². The summed E-state index contributed by atoms with van der Waals surface area (Å²) in [7, 11) is -3.77. The molecule has 0 radical (unpaired) electrons.